The first-order chi connectivity index (χ1) is 36.7. The van der Waals surface area contributed by atoms with Gasteiger partial charge < -0.3 is 4.90 Å². The molecule has 0 amide bonds. The van der Waals surface area contributed by atoms with Crippen LogP contribution in [0.2, 0.25) is 0 Å². The highest BCUT2D eigenvalue weighted by Crippen LogP contribution is 2.64. The molecular formula is C73H47N. The Morgan fingerprint density at radius 1 is 0.203 bits per heavy atom. The molecule has 2 aliphatic rings. The molecule has 1 nitrogen and oxygen atoms in total. The molecule has 74 heavy (non-hydrogen) atoms. The Morgan fingerprint density at radius 3 is 1.15 bits per heavy atom. The predicted octanol–water partition coefficient (Wildman–Crippen LogP) is 19.6. The van der Waals surface area contributed by atoms with Gasteiger partial charge in [-0.2, -0.15) is 0 Å². The van der Waals surface area contributed by atoms with E-state index >= 15 is 0 Å². The van der Waals surface area contributed by atoms with Gasteiger partial charge in [0.05, 0.1) is 11.1 Å². The van der Waals surface area contributed by atoms with E-state index in [1.54, 1.807) is 0 Å². The quantitative estimate of drug-likeness (QED) is 0.144. The molecule has 0 aromatic heterocycles. The maximum atomic E-state index is 2.57. The highest BCUT2D eigenvalue weighted by molar-refractivity contribution is 6.26. The second kappa shape index (κ2) is 16.8. The van der Waals surface area contributed by atoms with Crippen LogP contribution in [-0.4, -0.2) is 0 Å². The maximum absolute atomic E-state index is 2.57. The number of anilines is 3. The molecule has 344 valence electrons. The van der Waals surface area contributed by atoms with Gasteiger partial charge in [-0.3, -0.25) is 0 Å². The number of nitrogens with zero attached hydrogens (tertiary/aromatic N) is 1. The van der Waals surface area contributed by atoms with Gasteiger partial charge in [-0.05, 0) is 158 Å². The minimum Gasteiger partial charge on any atom is -0.310 e. The van der Waals surface area contributed by atoms with E-state index in [1.165, 1.54) is 110 Å². The average molecular weight is 938 g/mol. The van der Waals surface area contributed by atoms with Gasteiger partial charge in [-0.15, -0.1) is 0 Å². The Bertz CT molecular complexity index is 4260. The number of rotatable bonds is 7. The van der Waals surface area contributed by atoms with Crippen molar-refractivity contribution in [3.8, 4) is 66.8 Å². The molecule has 0 N–H and O–H groups in total. The summed E-state index contributed by atoms with van der Waals surface area (Å²) in [6, 6.07) is 106. The Labute approximate surface area is 431 Å². The Balaban J connectivity index is 1.02. The van der Waals surface area contributed by atoms with Crippen LogP contribution in [-0.2, 0) is 5.41 Å². The molecule has 0 saturated carbocycles. The van der Waals surface area contributed by atoms with Gasteiger partial charge in [-0.25, -0.2) is 0 Å². The summed E-state index contributed by atoms with van der Waals surface area (Å²) < 4.78 is 0. The van der Waals surface area contributed by atoms with Gasteiger partial charge in [0.1, 0.15) is 0 Å². The zero-order chi connectivity index (χ0) is 48.7. The first-order valence-electron chi connectivity index (χ1n) is 25.7. The standard InChI is InChI=1S/C73H47N/c1-3-18-48(19-4-1)50-34-36-51(37-35-50)52-38-40-55(41-39-52)74(56-42-43-61-59-26-8-7-24-57(59)58-25-9-10-27-60(58)66(61)45-56)72-47-71-67(46-65(72)54-23-17-22-53(44-54)49-20-5-2-6-21-49)64-30-13-16-33-70(64)73(71)68-31-14-11-28-62(68)63-29-12-15-32-69(63)73/h1-47H. The van der Waals surface area contributed by atoms with Crippen LogP contribution in [0.1, 0.15) is 22.3 Å². The fourth-order valence-corrected chi connectivity index (χ4v) is 12.8. The lowest BCUT2D eigenvalue weighted by Gasteiger charge is -2.33. The molecule has 0 heterocycles. The normalized spacial score (nSPS) is 12.7. The van der Waals surface area contributed by atoms with Crippen molar-refractivity contribution >= 4 is 49.4 Å². The fraction of sp³-hybridized carbons (Fsp3) is 0.0137. The Hall–Kier alpha value is -9.56. The summed E-state index contributed by atoms with van der Waals surface area (Å²) >= 11 is 0. The molecule has 0 bridgehead atoms. The summed E-state index contributed by atoms with van der Waals surface area (Å²) in [5.41, 5.74) is 22.7. The van der Waals surface area contributed by atoms with Crippen molar-refractivity contribution < 1.29 is 0 Å². The zero-order valence-electron chi connectivity index (χ0n) is 40.6. The molecule has 15 rings (SSSR count). The third-order valence-corrected chi connectivity index (χ3v) is 16.1. The van der Waals surface area contributed by atoms with Gasteiger partial charge in [-0.1, -0.05) is 243 Å². The first-order valence-corrected chi connectivity index (χ1v) is 25.7. The fourth-order valence-electron chi connectivity index (χ4n) is 12.8. The summed E-state index contributed by atoms with van der Waals surface area (Å²) in [6.07, 6.45) is 0. The van der Waals surface area contributed by atoms with E-state index in [0.717, 1.165) is 28.2 Å². The minimum absolute atomic E-state index is 0.530. The molecule has 1 heteroatoms. The molecule has 0 atom stereocenters. The lowest BCUT2D eigenvalue weighted by molar-refractivity contribution is 0.794. The van der Waals surface area contributed by atoms with Crippen molar-refractivity contribution in [2.75, 3.05) is 4.90 Å². The van der Waals surface area contributed by atoms with Crippen molar-refractivity contribution in [1.29, 1.82) is 0 Å². The summed E-state index contributed by atoms with van der Waals surface area (Å²) in [5, 5.41) is 7.51. The van der Waals surface area contributed by atoms with E-state index in [-0.39, 0.29) is 0 Å². The maximum Gasteiger partial charge on any atom is 0.0726 e. The second-order valence-corrected chi connectivity index (χ2v) is 19.9. The lowest BCUT2D eigenvalue weighted by atomic mass is 9.70. The third-order valence-electron chi connectivity index (χ3n) is 16.1. The predicted molar refractivity (Wildman–Crippen MR) is 312 cm³/mol. The van der Waals surface area contributed by atoms with E-state index in [2.05, 4.69) is 290 Å². The molecule has 1 spiro atoms. The van der Waals surface area contributed by atoms with Gasteiger partial charge in [0.2, 0.25) is 0 Å². The number of fused-ring (bicyclic) bond motifs is 16. The van der Waals surface area contributed by atoms with Crippen LogP contribution >= 0.6 is 0 Å². The van der Waals surface area contributed by atoms with Crippen LogP contribution in [0.25, 0.3) is 99.1 Å². The zero-order valence-corrected chi connectivity index (χ0v) is 40.6. The van der Waals surface area contributed by atoms with Crippen molar-refractivity contribution in [3.05, 3.63) is 307 Å². The summed E-state index contributed by atoms with van der Waals surface area (Å²) in [7, 11) is 0. The molecule has 0 aliphatic heterocycles. The summed E-state index contributed by atoms with van der Waals surface area (Å²) in [5.74, 6) is 0. The van der Waals surface area contributed by atoms with Crippen molar-refractivity contribution in [2.45, 2.75) is 5.41 Å². The van der Waals surface area contributed by atoms with E-state index in [1.807, 2.05) is 0 Å². The number of hydrogen-bond donors (Lipinski definition) is 0. The van der Waals surface area contributed by atoms with Crippen LogP contribution < -0.4 is 4.90 Å². The molecule has 0 fully saturated rings. The van der Waals surface area contributed by atoms with E-state index in [9.17, 15) is 0 Å². The first kappa shape index (κ1) is 42.2. The van der Waals surface area contributed by atoms with Crippen LogP contribution in [0.3, 0.4) is 0 Å². The van der Waals surface area contributed by atoms with Crippen LogP contribution in [0.5, 0.6) is 0 Å². The van der Waals surface area contributed by atoms with Crippen LogP contribution in [0.4, 0.5) is 17.1 Å². The average Bonchev–Trinajstić information content (AvgIpc) is 3.97. The molecule has 13 aromatic carbocycles. The molecule has 0 unspecified atom stereocenters. The molecule has 2 aliphatic carbocycles. The topological polar surface area (TPSA) is 3.24 Å². The smallest absolute Gasteiger partial charge is 0.0726 e. The molecular weight excluding hydrogens is 891 g/mol. The highest BCUT2D eigenvalue weighted by Gasteiger charge is 2.52. The van der Waals surface area contributed by atoms with Gasteiger partial charge in [0.25, 0.3) is 0 Å². The van der Waals surface area contributed by atoms with Gasteiger partial charge >= 0.3 is 0 Å². The third kappa shape index (κ3) is 6.36. The number of benzene rings is 13. The Kier molecular flexibility index (Phi) is 9.55. The molecule has 13 aromatic rings. The van der Waals surface area contributed by atoms with Crippen molar-refractivity contribution in [2.24, 2.45) is 0 Å². The van der Waals surface area contributed by atoms with Gasteiger partial charge in [0, 0.05) is 16.9 Å². The Morgan fingerprint density at radius 2 is 0.595 bits per heavy atom. The van der Waals surface area contributed by atoms with Crippen LogP contribution in [0.15, 0.2) is 285 Å². The van der Waals surface area contributed by atoms with Crippen molar-refractivity contribution in [1.82, 2.24) is 0 Å². The number of hydrogen-bond acceptors (Lipinski definition) is 1. The van der Waals surface area contributed by atoms with E-state index in [4.69, 9.17) is 0 Å². The van der Waals surface area contributed by atoms with E-state index < -0.39 is 5.41 Å². The monoisotopic (exact) mass is 937 g/mol. The summed E-state index contributed by atoms with van der Waals surface area (Å²) in [4.78, 5) is 2.54. The minimum atomic E-state index is -0.530. The van der Waals surface area contributed by atoms with E-state index in [0.29, 0.717) is 0 Å². The highest BCUT2D eigenvalue weighted by atomic mass is 15.1. The largest absolute Gasteiger partial charge is 0.310 e. The molecule has 0 radical (unpaired) electrons. The molecule has 0 saturated heterocycles. The van der Waals surface area contributed by atoms with Gasteiger partial charge in [0.15, 0.2) is 0 Å². The summed E-state index contributed by atoms with van der Waals surface area (Å²) in [6.45, 7) is 0. The van der Waals surface area contributed by atoms with Crippen LogP contribution in [0, 0.1) is 0 Å². The lowest BCUT2D eigenvalue weighted by Crippen LogP contribution is -2.26. The second-order valence-electron chi connectivity index (χ2n) is 19.9. The SMILES string of the molecule is c1ccc(-c2ccc(-c3ccc(N(c4ccc5c6ccccc6c6ccccc6c5c4)c4cc5c(cc4-c4cccc(-c6ccccc6)c4)-c4ccccc4C54c5ccccc5-c5ccccc54)cc3)cc2)cc1. The van der Waals surface area contributed by atoms with Crippen molar-refractivity contribution in [3.63, 3.8) is 0 Å².